The number of oxazole rings is 1. The van der Waals surface area contributed by atoms with E-state index < -0.39 is 0 Å². The Morgan fingerprint density at radius 2 is 1.94 bits per heavy atom. The Kier molecular flexibility index (Phi) is 6.19. The summed E-state index contributed by atoms with van der Waals surface area (Å²) in [6, 6.07) is 17.1. The van der Waals surface area contributed by atoms with Gasteiger partial charge in [0.2, 0.25) is 5.89 Å². The molecule has 0 spiro atoms. The van der Waals surface area contributed by atoms with Crippen LogP contribution in [0.3, 0.4) is 0 Å². The first-order valence-electron chi connectivity index (χ1n) is 10.5. The predicted octanol–water partition coefficient (Wildman–Crippen LogP) is 6.91. The molecule has 3 aromatic carbocycles. The number of aromatic nitrogens is 1. The molecule has 0 saturated heterocycles. The third-order valence-corrected chi connectivity index (χ3v) is 5.81. The van der Waals surface area contributed by atoms with Crippen molar-refractivity contribution in [3.05, 3.63) is 76.3 Å². The Morgan fingerprint density at radius 1 is 1.12 bits per heavy atom. The molecule has 1 N–H and O–H groups in total. The molecule has 4 rings (SSSR count). The molecule has 0 aliphatic rings. The van der Waals surface area contributed by atoms with Gasteiger partial charge in [0.1, 0.15) is 11.3 Å². The van der Waals surface area contributed by atoms with E-state index >= 15 is 0 Å². The number of amides is 1. The first-order chi connectivity index (χ1) is 15.3. The smallest absolute Gasteiger partial charge is 0.262 e. The largest absolute Gasteiger partial charge is 0.483 e. The average Bonchev–Trinajstić information content (AvgIpc) is 3.19. The van der Waals surface area contributed by atoms with Crippen LogP contribution in [0.15, 0.2) is 59.0 Å². The minimum absolute atomic E-state index is 0.119. The van der Waals surface area contributed by atoms with Crippen molar-refractivity contribution in [2.75, 3.05) is 11.9 Å². The molecule has 164 valence electrons. The van der Waals surface area contributed by atoms with E-state index in [1.165, 1.54) is 5.56 Å². The lowest BCUT2D eigenvalue weighted by Gasteiger charge is -2.12. The molecule has 0 saturated carbocycles. The lowest BCUT2D eigenvalue weighted by molar-refractivity contribution is -0.118. The number of nitrogens with one attached hydrogen (secondary N) is 1. The molecule has 1 aromatic heterocycles. The van der Waals surface area contributed by atoms with Gasteiger partial charge in [-0.1, -0.05) is 43.6 Å². The summed E-state index contributed by atoms with van der Waals surface area (Å²) in [7, 11) is 0. The highest BCUT2D eigenvalue weighted by Gasteiger charge is 2.14. The molecule has 0 unspecified atom stereocenters. The molecule has 6 heteroatoms. The van der Waals surface area contributed by atoms with Gasteiger partial charge in [0.05, 0.1) is 10.7 Å². The van der Waals surface area contributed by atoms with E-state index in [1.54, 1.807) is 12.1 Å². The Bertz CT molecular complexity index is 1290. The van der Waals surface area contributed by atoms with Crippen LogP contribution >= 0.6 is 11.6 Å². The van der Waals surface area contributed by atoms with E-state index in [-0.39, 0.29) is 12.5 Å². The molecule has 0 radical (unpaired) electrons. The lowest BCUT2D eigenvalue weighted by Crippen LogP contribution is -2.20. The lowest BCUT2D eigenvalue weighted by atomic mass is 10.0. The molecule has 0 fully saturated rings. The van der Waals surface area contributed by atoms with Crippen LogP contribution in [-0.2, 0) is 4.79 Å². The van der Waals surface area contributed by atoms with Crippen LogP contribution in [0.1, 0.15) is 36.5 Å². The van der Waals surface area contributed by atoms with Crippen molar-refractivity contribution in [1.82, 2.24) is 4.98 Å². The van der Waals surface area contributed by atoms with Crippen molar-refractivity contribution in [3.8, 4) is 17.2 Å². The van der Waals surface area contributed by atoms with Crippen molar-refractivity contribution < 1.29 is 13.9 Å². The standard InChI is InChI=1S/C26H25ClN2O3/c1-15(2)18-9-11-24-22(12-18)29-26(32-24)19-8-10-20(27)21(13-19)28-25(30)14-31-23-7-5-6-16(3)17(23)4/h5-13,15H,14H2,1-4H3,(H,28,30). The second kappa shape index (κ2) is 9.05. The number of halogens is 1. The summed E-state index contributed by atoms with van der Waals surface area (Å²) in [6.07, 6.45) is 0. The summed E-state index contributed by atoms with van der Waals surface area (Å²) >= 11 is 6.32. The van der Waals surface area contributed by atoms with Gasteiger partial charge in [0.25, 0.3) is 5.91 Å². The third kappa shape index (κ3) is 4.63. The molecule has 0 bridgehead atoms. The van der Waals surface area contributed by atoms with E-state index in [0.717, 1.165) is 22.2 Å². The predicted molar refractivity (Wildman–Crippen MR) is 129 cm³/mol. The van der Waals surface area contributed by atoms with Crippen LogP contribution in [0.5, 0.6) is 5.75 Å². The topological polar surface area (TPSA) is 64.4 Å². The van der Waals surface area contributed by atoms with Crippen molar-refractivity contribution >= 4 is 34.3 Å². The van der Waals surface area contributed by atoms with Gasteiger partial charge in [-0.15, -0.1) is 0 Å². The summed E-state index contributed by atoms with van der Waals surface area (Å²) in [5.74, 6) is 1.26. The van der Waals surface area contributed by atoms with E-state index in [0.29, 0.717) is 33.9 Å². The summed E-state index contributed by atoms with van der Waals surface area (Å²) < 4.78 is 11.6. The fourth-order valence-electron chi connectivity index (χ4n) is 3.39. The first kappa shape index (κ1) is 21.9. The molecule has 5 nitrogen and oxygen atoms in total. The molecule has 0 aliphatic carbocycles. The number of fused-ring (bicyclic) bond motifs is 1. The third-order valence-electron chi connectivity index (χ3n) is 5.48. The maximum absolute atomic E-state index is 12.5. The molecule has 1 heterocycles. The number of nitrogens with zero attached hydrogens (tertiary/aromatic N) is 1. The highest BCUT2D eigenvalue weighted by Crippen LogP contribution is 2.31. The molecule has 1 amide bonds. The number of hydrogen-bond acceptors (Lipinski definition) is 4. The van der Waals surface area contributed by atoms with Gasteiger partial charge in [-0.25, -0.2) is 4.98 Å². The number of anilines is 1. The zero-order chi connectivity index (χ0) is 22.8. The highest BCUT2D eigenvalue weighted by molar-refractivity contribution is 6.33. The first-order valence-corrected chi connectivity index (χ1v) is 10.9. The Morgan fingerprint density at radius 3 is 2.72 bits per heavy atom. The minimum atomic E-state index is -0.302. The second-order valence-corrected chi connectivity index (χ2v) is 8.54. The monoisotopic (exact) mass is 448 g/mol. The van der Waals surface area contributed by atoms with Gasteiger partial charge in [0, 0.05) is 5.56 Å². The van der Waals surface area contributed by atoms with Crippen molar-refractivity contribution in [2.24, 2.45) is 0 Å². The van der Waals surface area contributed by atoms with Gasteiger partial charge >= 0.3 is 0 Å². The molecule has 0 aliphatic heterocycles. The van der Waals surface area contributed by atoms with E-state index in [2.05, 4.69) is 24.1 Å². The van der Waals surface area contributed by atoms with E-state index in [1.807, 2.05) is 56.3 Å². The molecular formula is C26H25ClN2O3. The van der Waals surface area contributed by atoms with Crippen LogP contribution in [0.4, 0.5) is 5.69 Å². The Hall–Kier alpha value is -3.31. The number of carbonyl (C=O) groups excluding carboxylic acids is 1. The quantitative estimate of drug-likeness (QED) is 0.348. The summed E-state index contributed by atoms with van der Waals surface area (Å²) in [6.45, 7) is 8.13. The van der Waals surface area contributed by atoms with Crippen LogP contribution in [0.2, 0.25) is 5.02 Å². The zero-order valence-corrected chi connectivity index (χ0v) is 19.3. The van der Waals surface area contributed by atoms with E-state index in [9.17, 15) is 4.79 Å². The number of ether oxygens (including phenoxy) is 1. The van der Waals surface area contributed by atoms with E-state index in [4.69, 9.17) is 20.8 Å². The number of carbonyl (C=O) groups is 1. The highest BCUT2D eigenvalue weighted by atomic mass is 35.5. The van der Waals surface area contributed by atoms with Crippen molar-refractivity contribution in [1.29, 1.82) is 0 Å². The fourth-order valence-corrected chi connectivity index (χ4v) is 3.56. The number of aryl methyl sites for hydroxylation is 1. The number of hydrogen-bond donors (Lipinski definition) is 1. The van der Waals surface area contributed by atoms with Crippen molar-refractivity contribution in [3.63, 3.8) is 0 Å². The molecule has 4 aromatic rings. The molecule has 32 heavy (non-hydrogen) atoms. The number of rotatable bonds is 6. The summed E-state index contributed by atoms with van der Waals surface area (Å²) in [5, 5.41) is 3.24. The van der Waals surface area contributed by atoms with Crippen LogP contribution < -0.4 is 10.1 Å². The Balaban J connectivity index is 1.52. The van der Waals surface area contributed by atoms with Gasteiger partial charge in [-0.05, 0) is 72.9 Å². The molecular weight excluding hydrogens is 424 g/mol. The second-order valence-electron chi connectivity index (χ2n) is 8.13. The van der Waals surface area contributed by atoms with Crippen molar-refractivity contribution in [2.45, 2.75) is 33.6 Å². The summed E-state index contributed by atoms with van der Waals surface area (Å²) in [4.78, 5) is 17.1. The zero-order valence-electron chi connectivity index (χ0n) is 18.5. The average molecular weight is 449 g/mol. The Labute approximate surface area is 192 Å². The fraction of sp³-hybridized carbons (Fsp3) is 0.231. The minimum Gasteiger partial charge on any atom is -0.483 e. The summed E-state index contributed by atoms with van der Waals surface area (Å²) in [5.41, 5.74) is 6.03. The van der Waals surface area contributed by atoms with Gasteiger partial charge in [-0.3, -0.25) is 4.79 Å². The maximum atomic E-state index is 12.5. The normalized spacial score (nSPS) is 11.2. The number of benzene rings is 3. The molecule has 0 atom stereocenters. The van der Waals surface area contributed by atoms with Crippen LogP contribution in [0, 0.1) is 13.8 Å². The van der Waals surface area contributed by atoms with Gasteiger partial charge in [0.15, 0.2) is 12.2 Å². The maximum Gasteiger partial charge on any atom is 0.262 e. The van der Waals surface area contributed by atoms with Crippen LogP contribution in [-0.4, -0.2) is 17.5 Å². The van der Waals surface area contributed by atoms with Gasteiger partial charge < -0.3 is 14.5 Å². The van der Waals surface area contributed by atoms with Crippen LogP contribution in [0.25, 0.3) is 22.6 Å². The van der Waals surface area contributed by atoms with Gasteiger partial charge in [-0.2, -0.15) is 0 Å². The SMILES string of the molecule is Cc1cccc(OCC(=O)Nc2cc(-c3nc4cc(C(C)C)ccc4o3)ccc2Cl)c1C.